The van der Waals surface area contributed by atoms with E-state index in [1.54, 1.807) is 31.2 Å². The lowest BCUT2D eigenvalue weighted by atomic mass is 10.1. The number of rotatable bonds is 7. The second-order valence-electron chi connectivity index (χ2n) is 5.40. The number of hydrogen-bond acceptors (Lipinski definition) is 6. The molecule has 0 radical (unpaired) electrons. The molecule has 136 valence electrons. The van der Waals surface area contributed by atoms with E-state index in [0.717, 1.165) is 4.88 Å². The van der Waals surface area contributed by atoms with E-state index in [1.807, 2.05) is 17.5 Å². The molecule has 0 atom stereocenters. The van der Waals surface area contributed by atoms with Crippen LogP contribution >= 0.6 is 11.3 Å². The number of esters is 1. The molecule has 0 aliphatic carbocycles. The monoisotopic (exact) mass is 373 g/mol. The van der Waals surface area contributed by atoms with Crippen LogP contribution in [-0.2, 0) is 20.7 Å². The van der Waals surface area contributed by atoms with E-state index in [9.17, 15) is 14.4 Å². The van der Waals surface area contributed by atoms with Gasteiger partial charge in [0.05, 0.1) is 31.2 Å². The Morgan fingerprint density at radius 3 is 2.58 bits per heavy atom. The first-order chi connectivity index (χ1) is 12.5. The number of carbonyl (C=O) groups excluding carboxylic acids is 3. The van der Waals surface area contributed by atoms with Gasteiger partial charge in [-0.25, -0.2) is 10.2 Å². The van der Waals surface area contributed by atoms with Gasteiger partial charge < -0.3 is 10.1 Å². The van der Waals surface area contributed by atoms with Gasteiger partial charge in [0.1, 0.15) is 0 Å². The van der Waals surface area contributed by atoms with E-state index in [4.69, 9.17) is 0 Å². The van der Waals surface area contributed by atoms with Crippen LogP contribution in [0.25, 0.3) is 0 Å². The summed E-state index contributed by atoms with van der Waals surface area (Å²) in [6.07, 6.45) is 0.224. The molecule has 1 heterocycles. The number of anilines is 1. The lowest BCUT2D eigenvalue weighted by Gasteiger charge is -2.09. The van der Waals surface area contributed by atoms with Gasteiger partial charge in [0, 0.05) is 10.6 Å². The molecule has 0 aliphatic rings. The summed E-state index contributed by atoms with van der Waals surface area (Å²) in [5.74, 6) is -1.13. The van der Waals surface area contributed by atoms with Crippen molar-refractivity contribution in [2.75, 3.05) is 12.4 Å². The van der Waals surface area contributed by atoms with Gasteiger partial charge in [-0.2, -0.15) is 5.10 Å². The summed E-state index contributed by atoms with van der Waals surface area (Å²) < 4.78 is 4.69. The topological polar surface area (TPSA) is 96.9 Å². The van der Waals surface area contributed by atoms with Gasteiger partial charge in [-0.1, -0.05) is 18.2 Å². The summed E-state index contributed by atoms with van der Waals surface area (Å²) in [4.78, 5) is 36.6. The van der Waals surface area contributed by atoms with Gasteiger partial charge in [0.15, 0.2) is 0 Å². The van der Waals surface area contributed by atoms with Crippen molar-refractivity contribution in [2.24, 2.45) is 5.10 Å². The number of hydrazone groups is 1. The van der Waals surface area contributed by atoms with Gasteiger partial charge in [0.2, 0.25) is 11.8 Å². The number of carbonyl (C=O) groups is 3. The van der Waals surface area contributed by atoms with Crippen LogP contribution in [-0.4, -0.2) is 30.6 Å². The van der Waals surface area contributed by atoms with E-state index in [2.05, 4.69) is 20.6 Å². The molecule has 0 unspecified atom stereocenters. The molecule has 1 aromatic carbocycles. The molecule has 1 aromatic heterocycles. The molecule has 8 heteroatoms. The quantitative estimate of drug-likeness (QED) is 0.443. The lowest BCUT2D eigenvalue weighted by molar-refractivity contribution is -0.120. The summed E-state index contributed by atoms with van der Waals surface area (Å²) in [7, 11) is 1.27. The van der Waals surface area contributed by atoms with Crippen molar-refractivity contribution in [3.05, 3.63) is 52.2 Å². The fraction of sp³-hybridized carbons (Fsp3) is 0.222. The third kappa shape index (κ3) is 5.82. The molecule has 7 nitrogen and oxygen atoms in total. The molecule has 0 spiro atoms. The summed E-state index contributed by atoms with van der Waals surface area (Å²) in [6.45, 7) is 1.64. The Balaban J connectivity index is 1.89. The largest absolute Gasteiger partial charge is 0.465 e. The smallest absolute Gasteiger partial charge is 0.339 e. The Kier molecular flexibility index (Phi) is 7.04. The first-order valence-corrected chi connectivity index (χ1v) is 8.69. The molecule has 0 bridgehead atoms. The number of para-hydroxylation sites is 1. The van der Waals surface area contributed by atoms with E-state index >= 15 is 0 Å². The maximum absolute atomic E-state index is 12.1. The summed E-state index contributed by atoms with van der Waals surface area (Å²) in [6, 6.07) is 10.3. The average molecular weight is 373 g/mol. The zero-order valence-electron chi connectivity index (χ0n) is 14.4. The van der Waals surface area contributed by atoms with Crippen LogP contribution in [0.5, 0.6) is 0 Å². The maximum atomic E-state index is 12.1. The van der Waals surface area contributed by atoms with Gasteiger partial charge in [-0.05, 0) is 30.5 Å². The van der Waals surface area contributed by atoms with Crippen LogP contribution in [0.15, 0.2) is 46.9 Å². The number of methoxy groups -OCH3 is 1. The summed E-state index contributed by atoms with van der Waals surface area (Å²) in [5, 5.41) is 8.47. The highest BCUT2D eigenvalue weighted by Crippen LogP contribution is 2.16. The van der Waals surface area contributed by atoms with Crippen molar-refractivity contribution in [3.8, 4) is 0 Å². The summed E-state index contributed by atoms with van der Waals surface area (Å²) in [5.41, 5.74) is 3.50. The first kappa shape index (κ1) is 19.3. The van der Waals surface area contributed by atoms with Crippen LogP contribution in [0.4, 0.5) is 5.69 Å². The van der Waals surface area contributed by atoms with E-state index in [0.29, 0.717) is 11.4 Å². The van der Waals surface area contributed by atoms with Crippen molar-refractivity contribution in [1.29, 1.82) is 0 Å². The third-order valence-electron chi connectivity index (χ3n) is 3.31. The first-order valence-electron chi connectivity index (χ1n) is 7.81. The molecule has 0 saturated heterocycles. The van der Waals surface area contributed by atoms with E-state index in [-0.39, 0.29) is 30.2 Å². The van der Waals surface area contributed by atoms with Crippen molar-refractivity contribution in [1.82, 2.24) is 5.43 Å². The van der Waals surface area contributed by atoms with Gasteiger partial charge in [-0.3, -0.25) is 9.59 Å². The van der Waals surface area contributed by atoms with Crippen molar-refractivity contribution in [2.45, 2.75) is 19.8 Å². The number of amides is 2. The highest BCUT2D eigenvalue weighted by Gasteiger charge is 2.13. The molecular formula is C18H19N3O4S. The molecule has 0 saturated carbocycles. The zero-order chi connectivity index (χ0) is 18.9. The van der Waals surface area contributed by atoms with Gasteiger partial charge in [-0.15, -0.1) is 11.3 Å². The fourth-order valence-corrected chi connectivity index (χ4v) is 2.82. The number of nitrogens with one attached hydrogen (secondary N) is 2. The highest BCUT2D eigenvalue weighted by atomic mass is 32.1. The van der Waals surface area contributed by atoms with Crippen LogP contribution in [0, 0.1) is 0 Å². The molecule has 26 heavy (non-hydrogen) atoms. The zero-order valence-corrected chi connectivity index (χ0v) is 15.3. The van der Waals surface area contributed by atoms with Gasteiger partial charge >= 0.3 is 5.97 Å². The SMILES string of the molecule is COC(=O)c1ccccc1NC(=O)C/C(C)=N/NC(=O)Cc1cccs1. The number of ether oxygens (including phenoxy) is 1. The van der Waals surface area contributed by atoms with Crippen molar-refractivity contribution >= 4 is 40.5 Å². The number of benzene rings is 1. The Labute approximate surface area is 155 Å². The minimum Gasteiger partial charge on any atom is -0.465 e. The third-order valence-corrected chi connectivity index (χ3v) is 4.19. The highest BCUT2D eigenvalue weighted by molar-refractivity contribution is 7.10. The van der Waals surface area contributed by atoms with Crippen LogP contribution in [0.3, 0.4) is 0 Å². The molecule has 2 aromatic rings. The Hall–Kier alpha value is -3.00. The standard InChI is InChI=1S/C18H19N3O4S/c1-12(20-21-17(23)11-13-6-5-9-26-13)10-16(22)19-15-8-4-3-7-14(15)18(24)25-2/h3-9H,10-11H2,1-2H3,(H,19,22)(H,21,23)/b20-12+. The Morgan fingerprint density at radius 1 is 1.12 bits per heavy atom. The number of hydrogen-bond donors (Lipinski definition) is 2. The summed E-state index contributed by atoms with van der Waals surface area (Å²) >= 11 is 1.49. The normalized spacial score (nSPS) is 10.9. The predicted molar refractivity (Wildman–Crippen MR) is 100 cm³/mol. The molecule has 0 aliphatic heterocycles. The minimum atomic E-state index is -0.535. The predicted octanol–water partition coefficient (Wildman–Crippen LogP) is 2.60. The lowest BCUT2D eigenvalue weighted by Crippen LogP contribution is -2.23. The molecule has 2 rings (SSSR count). The van der Waals surface area contributed by atoms with Crippen LogP contribution < -0.4 is 10.7 Å². The second kappa shape index (κ2) is 9.47. The molecule has 0 fully saturated rings. The van der Waals surface area contributed by atoms with Crippen LogP contribution in [0.1, 0.15) is 28.6 Å². The number of nitrogens with zero attached hydrogens (tertiary/aromatic N) is 1. The van der Waals surface area contributed by atoms with Crippen molar-refractivity contribution in [3.63, 3.8) is 0 Å². The molecular weight excluding hydrogens is 354 g/mol. The number of thiophene rings is 1. The van der Waals surface area contributed by atoms with Crippen molar-refractivity contribution < 1.29 is 19.1 Å². The van der Waals surface area contributed by atoms with Gasteiger partial charge in [0.25, 0.3) is 0 Å². The fourth-order valence-electron chi connectivity index (χ4n) is 2.12. The second-order valence-corrected chi connectivity index (χ2v) is 6.43. The van der Waals surface area contributed by atoms with E-state index < -0.39 is 5.97 Å². The Bertz CT molecular complexity index is 816. The average Bonchev–Trinajstić information content (AvgIpc) is 3.12. The maximum Gasteiger partial charge on any atom is 0.339 e. The Morgan fingerprint density at radius 2 is 1.88 bits per heavy atom. The molecule has 2 N–H and O–H groups in total. The van der Waals surface area contributed by atoms with Crippen LogP contribution in [0.2, 0.25) is 0 Å². The molecule has 2 amide bonds. The van der Waals surface area contributed by atoms with E-state index in [1.165, 1.54) is 18.4 Å². The minimum absolute atomic E-state index is 0.0191.